The summed E-state index contributed by atoms with van der Waals surface area (Å²) in [6.07, 6.45) is 0.663. The van der Waals surface area contributed by atoms with Gasteiger partial charge in [-0.25, -0.2) is 4.39 Å². The van der Waals surface area contributed by atoms with Crippen molar-refractivity contribution in [2.24, 2.45) is 17.6 Å². The highest BCUT2D eigenvalue weighted by Gasteiger charge is 2.63. The number of rotatable bonds is 7. The standard InChI is InChI=1S/C28H36FN3O7/c1-6-12(3)32(7-2)11-14-10-17(33)19-15(21(14)29)8-13-9-16-22(31(4)5)24(35)20(27(30)38)26(37)28(16,39)25(36)18(13)23(19)34/h10,12-13,16,22,33,35-36,39H,6-9,11H2,1-5H3,(H2,30,38)/t12?,13-,16-,22-,28-/m0/s1. The maximum absolute atomic E-state index is 15.9. The fourth-order valence-electron chi connectivity index (χ4n) is 6.52. The normalized spacial score (nSPS) is 27.6. The lowest BCUT2D eigenvalue weighted by Crippen LogP contribution is -2.63. The third-order valence-corrected chi connectivity index (χ3v) is 8.72. The van der Waals surface area contributed by atoms with Crippen LogP contribution in [0.3, 0.4) is 0 Å². The number of allylic oxidation sites excluding steroid dienone is 1. The van der Waals surface area contributed by atoms with Gasteiger partial charge in [0, 0.05) is 35.2 Å². The van der Waals surface area contributed by atoms with E-state index >= 15 is 4.39 Å². The zero-order chi connectivity index (χ0) is 29.1. The van der Waals surface area contributed by atoms with Crippen molar-refractivity contribution in [3.8, 4) is 5.75 Å². The van der Waals surface area contributed by atoms with Crippen LogP contribution in [0, 0.1) is 17.7 Å². The van der Waals surface area contributed by atoms with Gasteiger partial charge in [0.2, 0.25) is 5.78 Å². The molecule has 1 aromatic carbocycles. The van der Waals surface area contributed by atoms with E-state index < -0.39 is 69.6 Å². The monoisotopic (exact) mass is 545 g/mol. The number of likely N-dealkylation sites (N-methyl/N-ethyl adjacent to an activating group) is 1. The molecule has 1 unspecified atom stereocenters. The van der Waals surface area contributed by atoms with Crippen molar-refractivity contribution in [1.29, 1.82) is 0 Å². The van der Waals surface area contributed by atoms with Gasteiger partial charge in [0.15, 0.2) is 11.4 Å². The molecule has 10 nitrogen and oxygen atoms in total. The molecule has 3 aliphatic rings. The lowest BCUT2D eigenvalue weighted by Gasteiger charge is -2.50. The minimum absolute atomic E-state index is 0.00308. The third kappa shape index (κ3) is 4.14. The van der Waals surface area contributed by atoms with Crippen molar-refractivity contribution < 1.29 is 39.2 Å². The average molecular weight is 546 g/mol. The number of phenols is 1. The quantitative estimate of drug-likeness (QED) is 0.322. The number of Topliss-reactive ketones (excluding diaryl/α,β-unsaturated/α-hetero) is 2. The van der Waals surface area contributed by atoms with E-state index in [1.165, 1.54) is 11.0 Å². The van der Waals surface area contributed by atoms with E-state index in [0.29, 0.717) is 6.54 Å². The summed E-state index contributed by atoms with van der Waals surface area (Å²) in [5.74, 6) is -8.20. The third-order valence-electron chi connectivity index (χ3n) is 8.72. The van der Waals surface area contributed by atoms with Crippen molar-refractivity contribution in [1.82, 2.24) is 9.80 Å². The van der Waals surface area contributed by atoms with E-state index in [1.807, 2.05) is 25.7 Å². The lowest BCUT2D eigenvalue weighted by molar-refractivity contribution is -0.148. The zero-order valence-corrected chi connectivity index (χ0v) is 22.8. The summed E-state index contributed by atoms with van der Waals surface area (Å²) in [5, 5.41) is 44.6. The Bertz CT molecular complexity index is 1320. The number of ketones is 2. The highest BCUT2D eigenvalue weighted by molar-refractivity contribution is 6.24. The first-order valence-electron chi connectivity index (χ1n) is 13.1. The van der Waals surface area contributed by atoms with Crippen LogP contribution in [0.2, 0.25) is 0 Å². The van der Waals surface area contributed by atoms with Crippen molar-refractivity contribution in [3.05, 3.63) is 51.2 Å². The van der Waals surface area contributed by atoms with E-state index in [2.05, 4.69) is 0 Å². The summed E-state index contributed by atoms with van der Waals surface area (Å²) in [5.41, 5.74) is 1.33. The number of benzene rings is 1. The molecule has 0 fully saturated rings. The largest absolute Gasteiger partial charge is 0.510 e. The van der Waals surface area contributed by atoms with Crippen molar-refractivity contribution >= 4 is 17.5 Å². The Balaban J connectivity index is 1.87. The van der Waals surface area contributed by atoms with Crippen LogP contribution in [0.25, 0.3) is 0 Å². The molecule has 6 N–H and O–H groups in total. The number of nitrogens with two attached hydrogens (primary N) is 1. The summed E-state index contributed by atoms with van der Waals surface area (Å²) in [6, 6.07) is 0.262. The minimum Gasteiger partial charge on any atom is -0.510 e. The number of carbonyl (C=O) groups excluding carboxylic acids is 3. The number of carbonyl (C=O) groups is 3. The number of hydrogen-bond donors (Lipinski definition) is 5. The van der Waals surface area contributed by atoms with E-state index in [1.54, 1.807) is 14.1 Å². The molecular weight excluding hydrogens is 509 g/mol. The molecule has 0 aromatic heterocycles. The van der Waals surface area contributed by atoms with Gasteiger partial charge < -0.3 is 26.2 Å². The summed E-state index contributed by atoms with van der Waals surface area (Å²) in [6.45, 7) is 6.87. The number of aliphatic hydroxyl groups is 3. The highest BCUT2D eigenvalue weighted by atomic mass is 19.1. The minimum atomic E-state index is -2.73. The number of phenolic OH excluding ortho intramolecular Hbond substituents is 1. The first-order chi connectivity index (χ1) is 18.2. The topological polar surface area (TPSA) is 165 Å². The molecule has 0 spiro atoms. The molecule has 39 heavy (non-hydrogen) atoms. The van der Waals surface area contributed by atoms with Crippen molar-refractivity contribution in [2.45, 2.75) is 64.3 Å². The van der Waals surface area contributed by atoms with Crippen LogP contribution in [0.15, 0.2) is 28.7 Å². The number of amides is 1. The SMILES string of the molecule is CCC(C)N(CC)Cc1cc(O)c2c(c1F)C[C@H]1C[C@H]3[C@H](N(C)C)C(O)=C(C(N)=O)C(=O)[C@@]3(O)C(O)=C1C2=O. The highest BCUT2D eigenvalue weighted by Crippen LogP contribution is 2.52. The fraction of sp³-hybridized carbons (Fsp3) is 0.536. The van der Waals surface area contributed by atoms with Crippen LogP contribution < -0.4 is 5.73 Å². The fourth-order valence-corrected chi connectivity index (χ4v) is 6.52. The predicted molar refractivity (Wildman–Crippen MR) is 139 cm³/mol. The number of fused-ring (bicyclic) bond motifs is 3. The lowest BCUT2D eigenvalue weighted by atomic mass is 9.58. The number of halogens is 1. The second kappa shape index (κ2) is 10.0. The van der Waals surface area contributed by atoms with Gasteiger partial charge in [-0.1, -0.05) is 13.8 Å². The first-order valence-corrected chi connectivity index (χ1v) is 13.1. The molecule has 0 radical (unpaired) electrons. The van der Waals surface area contributed by atoms with Gasteiger partial charge in [0.05, 0.1) is 11.6 Å². The van der Waals surface area contributed by atoms with Crippen LogP contribution in [0.1, 0.15) is 55.1 Å². The molecular formula is C28H36FN3O7. The summed E-state index contributed by atoms with van der Waals surface area (Å²) in [4.78, 5) is 42.5. The van der Waals surface area contributed by atoms with Crippen LogP contribution in [-0.2, 0) is 22.6 Å². The van der Waals surface area contributed by atoms with Gasteiger partial charge in [-0.2, -0.15) is 0 Å². The van der Waals surface area contributed by atoms with Gasteiger partial charge >= 0.3 is 0 Å². The Kier molecular flexibility index (Phi) is 7.39. The molecule has 0 heterocycles. The van der Waals surface area contributed by atoms with Crippen LogP contribution in [0.5, 0.6) is 5.75 Å². The van der Waals surface area contributed by atoms with Crippen molar-refractivity contribution in [2.75, 3.05) is 20.6 Å². The Morgan fingerprint density at radius 1 is 1.23 bits per heavy atom. The summed E-state index contributed by atoms with van der Waals surface area (Å²) < 4.78 is 15.9. The molecule has 5 atom stereocenters. The zero-order valence-electron chi connectivity index (χ0n) is 22.8. The second-order valence-electron chi connectivity index (χ2n) is 11.0. The molecule has 0 saturated heterocycles. The molecule has 1 amide bonds. The van der Waals surface area contributed by atoms with Gasteiger partial charge in [-0.05, 0) is 58.8 Å². The van der Waals surface area contributed by atoms with E-state index in [-0.39, 0.29) is 47.7 Å². The Morgan fingerprint density at radius 3 is 2.41 bits per heavy atom. The van der Waals surface area contributed by atoms with E-state index in [9.17, 15) is 34.8 Å². The second-order valence-corrected chi connectivity index (χ2v) is 11.0. The van der Waals surface area contributed by atoms with Crippen LogP contribution in [0.4, 0.5) is 4.39 Å². The molecule has 11 heteroatoms. The molecule has 0 saturated carbocycles. The maximum Gasteiger partial charge on any atom is 0.255 e. The average Bonchev–Trinajstić information content (AvgIpc) is 2.86. The summed E-state index contributed by atoms with van der Waals surface area (Å²) in [7, 11) is 3.10. The first kappa shape index (κ1) is 28.7. The predicted octanol–water partition coefficient (Wildman–Crippen LogP) is 1.88. The Morgan fingerprint density at radius 2 is 1.87 bits per heavy atom. The van der Waals surface area contributed by atoms with Crippen LogP contribution >= 0.6 is 0 Å². The number of nitrogens with zero attached hydrogens (tertiary/aromatic N) is 2. The molecule has 4 rings (SSSR count). The molecule has 0 bridgehead atoms. The van der Waals surface area contributed by atoms with Gasteiger partial charge in [-0.15, -0.1) is 0 Å². The van der Waals surface area contributed by atoms with E-state index in [4.69, 9.17) is 5.73 Å². The maximum atomic E-state index is 15.9. The van der Waals surface area contributed by atoms with Gasteiger partial charge in [0.1, 0.15) is 28.7 Å². The molecule has 1 aromatic rings. The molecule has 212 valence electrons. The van der Waals surface area contributed by atoms with Gasteiger partial charge in [-0.3, -0.25) is 24.2 Å². The Labute approximate surface area is 226 Å². The smallest absolute Gasteiger partial charge is 0.255 e. The Hall–Kier alpha value is -3.28. The van der Waals surface area contributed by atoms with Crippen molar-refractivity contribution in [3.63, 3.8) is 0 Å². The number of aliphatic hydroxyl groups excluding tert-OH is 2. The molecule has 3 aliphatic carbocycles. The molecule has 0 aliphatic heterocycles. The van der Waals surface area contributed by atoms with Crippen LogP contribution in [-0.4, -0.2) is 86.0 Å². The number of primary amides is 1. The number of hydrogen-bond acceptors (Lipinski definition) is 9. The van der Waals surface area contributed by atoms with E-state index in [0.717, 1.165) is 6.42 Å². The summed E-state index contributed by atoms with van der Waals surface area (Å²) >= 11 is 0. The number of aromatic hydroxyl groups is 1. The van der Waals surface area contributed by atoms with Gasteiger partial charge in [0.25, 0.3) is 5.91 Å².